The summed E-state index contributed by atoms with van der Waals surface area (Å²) in [4.78, 5) is 26.6. The molecular weight excluding hydrogens is 382 g/mol. The Balaban J connectivity index is 1.73. The first kappa shape index (κ1) is 19.8. The molecule has 1 N–H and O–H groups in total. The van der Waals surface area contributed by atoms with Gasteiger partial charge in [0.25, 0.3) is 15.9 Å². The number of ether oxygens (including phenoxy) is 1. The number of aryl methyl sites for hydroxylation is 2. The van der Waals surface area contributed by atoms with Gasteiger partial charge < -0.3 is 15.0 Å². The number of allylic oxidation sites excluding steroid dienone is 2. The molecule has 3 rings (SSSR count). The number of amides is 1. The van der Waals surface area contributed by atoms with Gasteiger partial charge in [-0.2, -0.15) is 0 Å². The van der Waals surface area contributed by atoms with E-state index in [1.807, 2.05) is 32.0 Å². The molecule has 0 radical (unpaired) electrons. The van der Waals surface area contributed by atoms with Crippen molar-refractivity contribution in [3.05, 3.63) is 53.3 Å². The van der Waals surface area contributed by atoms with Crippen molar-refractivity contribution in [1.29, 1.82) is 0 Å². The fourth-order valence-corrected chi connectivity index (χ4v) is 3.87. The third kappa shape index (κ3) is 4.14. The Labute approximate surface area is 163 Å². The van der Waals surface area contributed by atoms with E-state index in [0.717, 1.165) is 11.1 Å². The highest BCUT2D eigenvalue weighted by molar-refractivity contribution is 7.90. The minimum atomic E-state index is -3.63. The number of esters is 1. The lowest BCUT2D eigenvalue weighted by Crippen LogP contribution is -2.41. The van der Waals surface area contributed by atoms with E-state index in [9.17, 15) is 18.0 Å². The van der Waals surface area contributed by atoms with Crippen molar-refractivity contribution in [3.8, 4) is 0 Å². The summed E-state index contributed by atoms with van der Waals surface area (Å²) in [6.45, 7) is 5.39. The number of amidine groups is 1. The minimum absolute atomic E-state index is 0.00232. The standard InChI is InChI=1S/C19H21N3O5S/c1-12-6-4-7-13(2)16(12)20-18(23)14(3)27-19(24)15-8-5-9-22-10-11-28(25,26)21-17(15)22/h4-9,14H,10-11H2,1-3H3,(H,20,23)/t14-/m1/s1. The molecule has 28 heavy (non-hydrogen) atoms. The van der Waals surface area contributed by atoms with Crippen LogP contribution in [0.3, 0.4) is 0 Å². The van der Waals surface area contributed by atoms with E-state index in [1.54, 1.807) is 17.2 Å². The van der Waals surface area contributed by atoms with Crippen LogP contribution in [0.5, 0.6) is 0 Å². The Bertz CT molecular complexity index is 1000. The van der Waals surface area contributed by atoms with Crippen LogP contribution in [-0.4, -0.2) is 49.4 Å². The molecular formula is C19H21N3O5S. The lowest BCUT2D eigenvalue weighted by atomic mass is 10.1. The normalized spacial score (nSPS) is 18.5. The monoisotopic (exact) mass is 403 g/mol. The summed E-state index contributed by atoms with van der Waals surface area (Å²) in [6, 6.07) is 5.63. The van der Waals surface area contributed by atoms with Crippen LogP contribution in [0.15, 0.2) is 46.5 Å². The quantitative estimate of drug-likeness (QED) is 0.767. The Hall–Kier alpha value is -2.94. The maximum atomic E-state index is 12.6. The Kier molecular flexibility index (Phi) is 5.37. The van der Waals surface area contributed by atoms with Gasteiger partial charge in [-0.1, -0.05) is 18.2 Å². The topological polar surface area (TPSA) is 105 Å². The second-order valence-electron chi connectivity index (χ2n) is 6.62. The molecule has 2 aliphatic rings. The van der Waals surface area contributed by atoms with E-state index in [1.165, 1.54) is 13.0 Å². The molecule has 1 aromatic carbocycles. The van der Waals surface area contributed by atoms with Gasteiger partial charge in [0, 0.05) is 18.4 Å². The number of sulfonamides is 1. The molecule has 8 nitrogen and oxygen atoms in total. The molecule has 0 aliphatic carbocycles. The predicted molar refractivity (Wildman–Crippen MR) is 105 cm³/mol. The van der Waals surface area contributed by atoms with Crippen LogP contribution in [0.2, 0.25) is 0 Å². The number of anilines is 1. The molecule has 9 heteroatoms. The average Bonchev–Trinajstić information content (AvgIpc) is 2.63. The second-order valence-corrected chi connectivity index (χ2v) is 8.37. The first-order valence-electron chi connectivity index (χ1n) is 8.74. The van der Waals surface area contributed by atoms with Gasteiger partial charge in [-0.15, -0.1) is 4.40 Å². The largest absolute Gasteiger partial charge is 0.449 e. The number of benzene rings is 1. The fourth-order valence-electron chi connectivity index (χ4n) is 2.89. The number of fused-ring (bicyclic) bond motifs is 1. The van der Waals surface area contributed by atoms with Crippen molar-refractivity contribution >= 4 is 33.4 Å². The number of nitrogens with zero attached hydrogens (tertiary/aromatic N) is 2. The van der Waals surface area contributed by atoms with E-state index in [-0.39, 0.29) is 23.7 Å². The number of para-hydroxylation sites is 1. The number of hydrogen-bond donors (Lipinski definition) is 1. The minimum Gasteiger partial charge on any atom is -0.449 e. The van der Waals surface area contributed by atoms with E-state index >= 15 is 0 Å². The van der Waals surface area contributed by atoms with Gasteiger partial charge >= 0.3 is 5.97 Å². The Morgan fingerprint density at radius 3 is 2.61 bits per heavy atom. The molecule has 1 atom stereocenters. The van der Waals surface area contributed by atoms with Gasteiger partial charge in [0.05, 0.1) is 5.75 Å². The highest BCUT2D eigenvalue weighted by Gasteiger charge is 2.32. The van der Waals surface area contributed by atoms with Crippen LogP contribution in [0, 0.1) is 13.8 Å². The van der Waals surface area contributed by atoms with E-state index in [2.05, 4.69) is 9.71 Å². The smallest absolute Gasteiger partial charge is 0.342 e. The molecule has 0 aromatic heterocycles. The Morgan fingerprint density at radius 2 is 1.93 bits per heavy atom. The Morgan fingerprint density at radius 1 is 1.25 bits per heavy atom. The molecule has 0 spiro atoms. The fraction of sp³-hybridized carbons (Fsp3) is 0.316. The molecule has 2 heterocycles. The number of carbonyl (C=O) groups is 2. The molecule has 0 saturated heterocycles. The van der Waals surface area contributed by atoms with Crippen molar-refractivity contribution in [3.63, 3.8) is 0 Å². The zero-order chi connectivity index (χ0) is 20.5. The molecule has 0 bridgehead atoms. The maximum absolute atomic E-state index is 12.6. The third-order valence-electron chi connectivity index (χ3n) is 4.46. The number of nitrogens with one attached hydrogen (secondary N) is 1. The summed E-state index contributed by atoms with van der Waals surface area (Å²) >= 11 is 0. The molecule has 0 unspecified atom stereocenters. The van der Waals surface area contributed by atoms with Gasteiger partial charge in [-0.3, -0.25) is 4.79 Å². The zero-order valence-electron chi connectivity index (χ0n) is 15.8. The van der Waals surface area contributed by atoms with Crippen LogP contribution in [0.25, 0.3) is 0 Å². The van der Waals surface area contributed by atoms with E-state index < -0.39 is 28.0 Å². The van der Waals surface area contributed by atoms with Gasteiger partial charge in [-0.25, -0.2) is 13.2 Å². The van der Waals surface area contributed by atoms with Gasteiger partial charge in [0.2, 0.25) is 0 Å². The summed E-state index contributed by atoms with van der Waals surface area (Å²) in [5.41, 5.74) is 2.45. The maximum Gasteiger partial charge on any atom is 0.342 e. The van der Waals surface area contributed by atoms with Crippen molar-refractivity contribution in [2.24, 2.45) is 4.40 Å². The highest BCUT2D eigenvalue weighted by Crippen LogP contribution is 2.21. The molecule has 0 saturated carbocycles. The molecule has 1 aromatic rings. The van der Waals surface area contributed by atoms with Crippen molar-refractivity contribution in [2.45, 2.75) is 26.9 Å². The summed E-state index contributed by atoms with van der Waals surface area (Å²) in [5.74, 6) is -1.40. The van der Waals surface area contributed by atoms with E-state index in [0.29, 0.717) is 5.69 Å². The number of rotatable bonds is 4. The van der Waals surface area contributed by atoms with Crippen molar-refractivity contribution < 1.29 is 22.7 Å². The van der Waals surface area contributed by atoms with Gasteiger partial charge in [-0.05, 0) is 44.1 Å². The lowest BCUT2D eigenvalue weighted by molar-refractivity contribution is -0.148. The van der Waals surface area contributed by atoms with Crippen LogP contribution < -0.4 is 5.32 Å². The molecule has 0 fully saturated rings. The van der Waals surface area contributed by atoms with Gasteiger partial charge in [0.1, 0.15) is 5.57 Å². The van der Waals surface area contributed by atoms with E-state index in [4.69, 9.17) is 4.74 Å². The predicted octanol–water partition coefficient (Wildman–Crippen LogP) is 1.67. The summed E-state index contributed by atoms with van der Waals surface area (Å²) in [6.07, 6.45) is 3.60. The van der Waals surface area contributed by atoms with Crippen LogP contribution in [-0.2, 0) is 24.3 Å². The third-order valence-corrected chi connectivity index (χ3v) is 5.61. The number of carbonyl (C=O) groups excluding carboxylic acids is 2. The SMILES string of the molecule is Cc1cccc(C)c1NC(=O)[C@@H](C)OC(=O)C1=CC=CN2CCS(=O)(=O)N=C12. The zero-order valence-corrected chi connectivity index (χ0v) is 16.6. The summed E-state index contributed by atoms with van der Waals surface area (Å²) in [5, 5.41) is 2.77. The lowest BCUT2D eigenvalue weighted by Gasteiger charge is -2.28. The first-order valence-corrected chi connectivity index (χ1v) is 10.3. The van der Waals surface area contributed by atoms with Gasteiger partial charge in [0.15, 0.2) is 11.9 Å². The first-order chi connectivity index (χ1) is 13.2. The summed E-state index contributed by atoms with van der Waals surface area (Å²) < 4.78 is 32.5. The molecule has 1 amide bonds. The van der Waals surface area contributed by atoms with Crippen LogP contribution in [0.4, 0.5) is 5.69 Å². The highest BCUT2D eigenvalue weighted by atomic mass is 32.2. The van der Waals surface area contributed by atoms with Crippen molar-refractivity contribution in [2.75, 3.05) is 17.6 Å². The van der Waals surface area contributed by atoms with Crippen LogP contribution in [0.1, 0.15) is 18.1 Å². The summed E-state index contributed by atoms with van der Waals surface area (Å²) in [7, 11) is -3.63. The van der Waals surface area contributed by atoms with Crippen LogP contribution >= 0.6 is 0 Å². The number of hydrogen-bond acceptors (Lipinski definition) is 6. The van der Waals surface area contributed by atoms with Crippen molar-refractivity contribution in [1.82, 2.24) is 4.90 Å². The average molecular weight is 403 g/mol. The molecule has 2 aliphatic heterocycles. The molecule has 148 valence electrons. The second kappa shape index (κ2) is 7.59.